The first-order chi connectivity index (χ1) is 9.07. The van der Waals surface area contributed by atoms with E-state index < -0.39 is 10.0 Å². The summed E-state index contributed by atoms with van der Waals surface area (Å²) >= 11 is 0. The summed E-state index contributed by atoms with van der Waals surface area (Å²) in [6, 6.07) is 1.94. The van der Waals surface area contributed by atoms with Crippen LogP contribution in [0.4, 0.5) is 5.82 Å². The van der Waals surface area contributed by atoms with Crippen LogP contribution in [-0.4, -0.2) is 54.1 Å². The Labute approximate surface area is 113 Å². The maximum Gasteiger partial charge on any atom is 0.217 e. The van der Waals surface area contributed by atoms with Crippen LogP contribution >= 0.6 is 0 Å². The van der Waals surface area contributed by atoms with E-state index in [0.29, 0.717) is 26.2 Å². The molecular formula is C12H18N4O2S. The van der Waals surface area contributed by atoms with Crippen molar-refractivity contribution in [2.75, 3.05) is 31.1 Å². The SMILES string of the molecule is Cc1cc(N2CCN(S(=O)(=O)C3CC3)CC2)ncn1. The van der Waals surface area contributed by atoms with Crippen molar-refractivity contribution in [2.45, 2.75) is 25.0 Å². The van der Waals surface area contributed by atoms with E-state index in [1.54, 1.807) is 10.6 Å². The van der Waals surface area contributed by atoms with E-state index in [1.807, 2.05) is 13.0 Å². The molecule has 2 aliphatic rings. The van der Waals surface area contributed by atoms with E-state index >= 15 is 0 Å². The number of rotatable bonds is 3. The van der Waals surface area contributed by atoms with Crippen molar-refractivity contribution >= 4 is 15.8 Å². The lowest BCUT2D eigenvalue weighted by atomic mass is 10.3. The predicted molar refractivity (Wildman–Crippen MR) is 72.5 cm³/mol. The number of hydrogen-bond acceptors (Lipinski definition) is 5. The Morgan fingerprint density at radius 1 is 1.16 bits per heavy atom. The van der Waals surface area contributed by atoms with Gasteiger partial charge in [-0.3, -0.25) is 0 Å². The number of aryl methyl sites for hydroxylation is 1. The molecule has 1 aliphatic carbocycles. The van der Waals surface area contributed by atoms with Gasteiger partial charge in [0, 0.05) is 37.9 Å². The number of hydrogen-bond donors (Lipinski definition) is 0. The minimum atomic E-state index is -3.03. The topological polar surface area (TPSA) is 66.4 Å². The quantitative estimate of drug-likeness (QED) is 0.803. The van der Waals surface area contributed by atoms with Crippen LogP contribution in [0.5, 0.6) is 0 Å². The van der Waals surface area contributed by atoms with Gasteiger partial charge in [-0.25, -0.2) is 18.4 Å². The molecule has 1 saturated heterocycles. The molecule has 3 rings (SSSR count). The number of anilines is 1. The van der Waals surface area contributed by atoms with E-state index in [2.05, 4.69) is 14.9 Å². The Balaban J connectivity index is 1.66. The second-order valence-electron chi connectivity index (χ2n) is 5.15. The molecule has 19 heavy (non-hydrogen) atoms. The van der Waals surface area contributed by atoms with Gasteiger partial charge in [-0.1, -0.05) is 0 Å². The zero-order valence-corrected chi connectivity index (χ0v) is 11.8. The van der Waals surface area contributed by atoms with Gasteiger partial charge >= 0.3 is 0 Å². The molecule has 0 atom stereocenters. The van der Waals surface area contributed by atoms with Crippen molar-refractivity contribution < 1.29 is 8.42 Å². The maximum atomic E-state index is 12.1. The average molecular weight is 282 g/mol. The van der Waals surface area contributed by atoms with Gasteiger partial charge < -0.3 is 4.90 Å². The van der Waals surface area contributed by atoms with Crippen molar-refractivity contribution in [3.63, 3.8) is 0 Å². The molecule has 2 fully saturated rings. The van der Waals surface area contributed by atoms with Crippen LogP contribution in [0.15, 0.2) is 12.4 Å². The smallest absolute Gasteiger partial charge is 0.217 e. The second kappa shape index (κ2) is 4.72. The fourth-order valence-electron chi connectivity index (χ4n) is 2.36. The summed E-state index contributed by atoms with van der Waals surface area (Å²) in [7, 11) is -3.03. The van der Waals surface area contributed by atoms with E-state index in [1.165, 1.54) is 0 Å². The third-order valence-electron chi connectivity index (χ3n) is 3.66. The highest BCUT2D eigenvalue weighted by Crippen LogP contribution is 2.31. The van der Waals surface area contributed by atoms with Crippen molar-refractivity contribution in [2.24, 2.45) is 0 Å². The Morgan fingerprint density at radius 2 is 1.84 bits per heavy atom. The van der Waals surface area contributed by atoms with E-state index in [-0.39, 0.29) is 5.25 Å². The molecule has 1 aromatic heterocycles. The number of piperazine rings is 1. The summed E-state index contributed by atoms with van der Waals surface area (Å²) in [4.78, 5) is 10.4. The highest BCUT2D eigenvalue weighted by molar-refractivity contribution is 7.90. The van der Waals surface area contributed by atoms with Gasteiger partial charge in [0.05, 0.1) is 5.25 Å². The molecule has 104 valence electrons. The lowest BCUT2D eigenvalue weighted by Crippen LogP contribution is -2.49. The molecule has 0 bridgehead atoms. The van der Waals surface area contributed by atoms with Crippen LogP contribution in [0.1, 0.15) is 18.5 Å². The van der Waals surface area contributed by atoms with E-state index in [4.69, 9.17) is 0 Å². The van der Waals surface area contributed by atoms with Crippen LogP contribution < -0.4 is 4.90 Å². The monoisotopic (exact) mass is 282 g/mol. The van der Waals surface area contributed by atoms with Gasteiger partial charge in [-0.15, -0.1) is 0 Å². The molecule has 1 aromatic rings. The molecule has 7 heteroatoms. The first kappa shape index (κ1) is 12.8. The lowest BCUT2D eigenvalue weighted by molar-refractivity contribution is 0.383. The minimum Gasteiger partial charge on any atom is -0.354 e. The molecule has 0 radical (unpaired) electrons. The summed E-state index contributed by atoms with van der Waals surface area (Å²) in [5, 5.41) is -0.111. The molecular weight excluding hydrogens is 264 g/mol. The molecule has 0 N–H and O–H groups in total. The normalized spacial score (nSPS) is 21.6. The summed E-state index contributed by atoms with van der Waals surface area (Å²) in [5.41, 5.74) is 0.929. The Kier molecular flexibility index (Phi) is 3.18. The first-order valence-electron chi connectivity index (χ1n) is 6.60. The fourth-order valence-corrected chi connectivity index (χ4v) is 4.19. The zero-order chi connectivity index (χ0) is 13.5. The van der Waals surface area contributed by atoms with E-state index in [9.17, 15) is 8.42 Å². The van der Waals surface area contributed by atoms with E-state index in [0.717, 1.165) is 24.4 Å². The van der Waals surface area contributed by atoms with Gasteiger partial charge in [0.2, 0.25) is 10.0 Å². The third-order valence-corrected chi connectivity index (χ3v) is 6.06. The highest BCUT2D eigenvalue weighted by Gasteiger charge is 2.41. The van der Waals surface area contributed by atoms with Crippen molar-refractivity contribution in [1.29, 1.82) is 0 Å². The number of aromatic nitrogens is 2. The molecule has 6 nitrogen and oxygen atoms in total. The summed E-state index contributed by atoms with van der Waals surface area (Å²) in [6.45, 7) is 4.44. The highest BCUT2D eigenvalue weighted by atomic mass is 32.2. The Morgan fingerprint density at radius 3 is 2.42 bits per heavy atom. The predicted octanol–water partition coefficient (Wildman–Crippen LogP) is 0.399. The fraction of sp³-hybridized carbons (Fsp3) is 0.667. The summed E-state index contributed by atoms with van der Waals surface area (Å²) in [6.07, 6.45) is 3.21. The van der Waals surface area contributed by atoms with Gasteiger partial charge in [0.1, 0.15) is 12.1 Å². The van der Waals surface area contributed by atoms with Gasteiger partial charge in [0.25, 0.3) is 0 Å². The van der Waals surface area contributed by atoms with Gasteiger partial charge in [-0.2, -0.15) is 4.31 Å². The van der Waals surface area contributed by atoms with Crippen molar-refractivity contribution in [3.8, 4) is 0 Å². The van der Waals surface area contributed by atoms with Crippen LogP contribution in [0, 0.1) is 6.92 Å². The maximum absolute atomic E-state index is 12.1. The largest absolute Gasteiger partial charge is 0.354 e. The molecule has 0 aromatic carbocycles. The second-order valence-corrected chi connectivity index (χ2v) is 7.36. The lowest BCUT2D eigenvalue weighted by Gasteiger charge is -2.34. The van der Waals surface area contributed by atoms with Gasteiger partial charge in [-0.05, 0) is 19.8 Å². The third kappa shape index (κ3) is 2.57. The summed E-state index contributed by atoms with van der Waals surface area (Å²) in [5.74, 6) is 0.885. The molecule has 0 amide bonds. The Hall–Kier alpha value is -1.21. The molecule has 0 unspecified atom stereocenters. The standard InChI is InChI=1S/C12H18N4O2S/c1-10-8-12(14-9-13-10)15-4-6-16(7-5-15)19(17,18)11-2-3-11/h8-9,11H,2-7H2,1H3. The molecule has 0 spiro atoms. The van der Waals surface area contributed by atoms with Crippen molar-refractivity contribution in [1.82, 2.24) is 14.3 Å². The first-order valence-corrected chi connectivity index (χ1v) is 8.10. The molecule has 1 aliphatic heterocycles. The summed E-state index contributed by atoms with van der Waals surface area (Å²) < 4.78 is 25.9. The van der Waals surface area contributed by atoms with Crippen LogP contribution in [-0.2, 0) is 10.0 Å². The van der Waals surface area contributed by atoms with Crippen LogP contribution in [0.2, 0.25) is 0 Å². The van der Waals surface area contributed by atoms with Crippen LogP contribution in [0.3, 0.4) is 0 Å². The van der Waals surface area contributed by atoms with Crippen LogP contribution in [0.25, 0.3) is 0 Å². The average Bonchev–Trinajstić information content (AvgIpc) is 3.23. The number of sulfonamides is 1. The number of nitrogens with zero attached hydrogens (tertiary/aromatic N) is 4. The van der Waals surface area contributed by atoms with Gasteiger partial charge in [0.15, 0.2) is 0 Å². The molecule has 2 heterocycles. The minimum absolute atomic E-state index is 0.111. The van der Waals surface area contributed by atoms with Crippen molar-refractivity contribution in [3.05, 3.63) is 18.1 Å². The zero-order valence-electron chi connectivity index (χ0n) is 11.0. The Bertz CT molecular complexity index is 563. The molecule has 1 saturated carbocycles.